The van der Waals surface area contributed by atoms with E-state index < -0.39 is 23.8 Å². The molecule has 3 amide bonds. The van der Waals surface area contributed by atoms with Gasteiger partial charge in [0, 0.05) is 12.6 Å². The standard InChI is InChI=1S/C30H47N3O4/c1-9-16-33(28(35)25(22(5)10-2)32-29(36)37-30(6,7)8)26(23-18-20(3)17-21(4)19-23)27(34)31-24-14-12-11-13-15-24/h9,17-19,22,24-26H,1,10-16H2,2-8H3,(H,31,34)(H,32,36). The summed E-state index contributed by atoms with van der Waals surface area (Å²) in [5.74, 6) is -0.705. The van der Waals surface area contributed by atoms with E-state index in [4.69, 9.17) is 4.74 Å². The maximum Gasteiger partial charge on any atom is 0.408 e. The van der Waals surface area contributed by atoms with E-state index in [2.05, 4.69) is 17.2 Å². The van der Waals surface area contributed by atoms with Gasteiger partial charge in [0.05, 0.1) is 0 Å². The van der Waals surface area contributed by atoms with Crippen LogP contribution in [0.2, 0.25) is 0 Å². The minimum atomic E-state index is -0.851. The number of benzene rings is 1. The molecule has 0 aliphatic heterocycles. The number of aryl methyl sites for hydroxylation is 2. The zero-order chi connectivity index (χ0) is 27.8. The van der Waals surface area contributed by atoms with Crippen LogP contribution in [0.25, 0.3) is 0 Å². The summed E-state index contributed by atoms with van der Waals surface area (Å²) in [5.41, 5.74) is 2.08. The van der Waals surface area contributed by atoms with E-state index in [1.165, 1.54) is 6.42 Å². The van der Waals surface area contributed by atoms with Crippen molar-refractivity contribution in [2.75, 3.05) is 6.54 Å². The van der Waals surface area contributed by atoms with Gasteiger partial charge in [0.2, 0.25) is 11.8 Å². The second-order valence-electron chi connectivity index (χ2n) is 11.5. The van der Waals surface area contributed by atoms with Crippen LogP contribution in [0.5, 0.6) is 0 Å². The van der Waals surface area contributed by atoms with E-state index in [0.717, 1.165) is 42.4 Å². The Morgan fingerprint density at radius 3 is 2.22 bits per heavy atom. The van der Waals surface area contributed by atoms with Crippen molar-refractivity contribution < 1.29 is 19.1 Å². The fourth-order valence-electron chi connectivity index (χ4n) is 4.93. The van der Waals surface area contributed by atoms with Crippen LogP contribution in [-0.4, -0.2) is 47.0 Å². The number of carbonyl (C=O) groups is 3. The highest BCUT2D eigenvalue weighted by Crippen LogP contribution is 2.27. The molecule has 0 heterocycles. The van der Waals surface area contributed by atoms with Gasteiger partial charge in [-0.1, -0.05) is 74.9 Å². The zero-order valence-electron chi connectivity index (χ0n) is 23.9. The summed E-state index contributed by atoms with van der Waals surface area (Å²) in [6, 6.07) is 4.36. The third kappa shape index (κ3) is 9.20. The molecule has 7 heteroatoms. The topological polar surface area (TPSA) is 87.7 Å². The van der Waals surface area contributed by atoms with Crippen LogP contribution in [0.15, 0.2) is 30.9 Å². The quantitative estimate of drug-likeness (QED) is 0.390. The van der Waals surface area contributed by atoms with E-state index in [0.29, 0.717) is 6.42 Å². The second-order valence-corrected chi connectivity index (χ2v) is 11.5. The number of amides is 3. The number of carbonyl (C=O) groups excluding carboxylic acids is 3. The average Bonchev–Trinajstić information content (AvgIpc) is 2.80. The zero-order valence-corrected chi connectivity index (χ0v) is 23.9. The predicted octanol–water partition coefficient (Wildman–Crippen LogP) is 5.75. The van der Waals surface area contributed by atoms with Gasteiger partial charge in [-0.2, -0.15) is 0 Å². The van der Waals surface area contributed by atoms with Gasteiger partial charge in [-0.3, -0.25) is 9.59 Å². The largest absolute Gasteiger partial charge is 0.444 e. The maximum atomic E-state index is 14.1. The van der Waals surface area contributed by atoms with Crippen molar-refractivity contribution in [2.45, 2.75) is 111 Å². The van der Waals surface area contributed by atoms with Crippen molar-refractivity contribution in [3.63, 3.8) is 0 Å². The van der Waals surface area contributed by atoms with Gasteiger partial charge in [-0.15, -0.1) is 6.58 Å². The average molecular weight is 514 g/mol. The van der Waals surface area contributed by atoms with Crippen LogP contribution in [0.3, 0.4) is 0 Å². The molecule has 206 valence electrons. The van der Waals surface area contributed by atoms with E-state index in [-0.39, 0.29) is 30.3 Å². The molecule has 0 aromatic heterocycles. The molecule has 0 saturated heterocycles. The van der Waals surface area contributed by atoms with Crippen molar-refractivity contribution in [2.24, 2.45) is 5.92 Å². The fourth-order valence-corrected chi connectivity index (χ4v) is 4.93. The molecule has 7 nitrogen and oxygen atoms in total. The lowest BCUT2D eigenvalue weighted by Crippen LogP contribution is -2.55. The normalized spacial score (nSPS) is 16.7. The fraction of sp³-hybridized carbons (Fsp3) is 0.633. The molecular weight excluding hydrogens is 466 g/mol. The molecule has 2 rings (SSSR count). The SMILES string of the molecule is C=CCN(C(=O)C(NC(=O)OC(C)(C)C)C(C)CC)C(C(=O)NC1CCCCC1)c1cc(C)cc(C)c1. The summed E-state index contributed by atoms with van der Waals surface area (Å²) in [7, 11) is 0. The highest BCUT2D eigenvalue weighted by molar-refractivity contribution is 5.92. The van der Waals surface area contributed by atoms with Crippen molar-refractivity contribution in [1.29, 1.82) is 0 Å². The molecular formula is C30H47N3O4. The lowest BCUT2D eigenvalue weighted by molar-refractivity contribution is -0.143. The number of hydrogen-bond donors (Lipinski definition) is 2. The monoisotopic (exact) mass is 513 g/mol. The third-order valence-electron chi connectivity index (χ3n) is 6.83. The van der Waals surface area contributed by atoms with Crippen LogP contribution in [0.1, 0.15) is 95.9 Å². The molecule has 1 fully saturated rings. The highest BCUT2D eigenvalue weighted by Gasteiger charge is 2.38. The number of nitrogens with one attached hydrogen (secondary N) is 2. The molecule has 0 bridgehead atoms. The first-order valence-electron chi connectivity index (χ1n) is 13.7. The van der Waals surface area contributed by atoms with Gasteiger partial charge in [-0.25, -0.2) is 4.79 Å². The summed E-state index contributed by atoms with van der Waals surface area (Å²) < 4.78 is 5.46. The molecule has 1 saturated carbocycles. The number of ether oxygens (including phenoxy) is 1. The van der Waals surface area contributed by atoms with Crippen LogP contribution in [0.4, 0.5) is 4.79 Å². The summed E-state index contributed by atoms with van der Waals surface area (Å²) in [6.07, 6.45) is 6.88. The molecule has 2 N–H and O–H groups in total. The number of nitrogens with zero attached hydrogens (tertiary/aromatic N) is 1. The van der Waals surface area contributed by atoms with Gasteiger partial charge < -0.3 is 20.3 Å². The number of rotatable bonds is 10. The summed E-state index contributed by atoms with van der Waals surface area (Å²) in [6.45, 7) is 17.2. The predicted molar refractivity (Wildman–Crippen MR) is 148 cm³/mol. The third-order valence-corrected chi connectivity index (χ3v) is 6.83. The number of hydrogen-bond acceptors (Lipinski definition) is 4. The van der Waals surface area contributed by atoms with Crippen LogP contribution < -0.4 is 10.6 Å². The highest BCUT2D eigenvalue weighted by atomic mass is 16.6. The van der Waals surface area contributed by atoms with Crippen LogP contribution in [-0.2, 0) is 14.3 Å². The Kier molecular flexibility index (Phi) is 11.2. The van der Waals surface area contributed by atoms with Crippen LogP contribution >= 0.6 is 0 Å². The van der Waals surface area contributed by atoms with Crippen molar-refractivity contribution >= 4 is 17.9 Å². The maximum absolute atomic E-state index is 14.1. The molecule has 1 aliphatic rings. The van der Waals surface area contributed by atoms with E-state index in [1.54, 1.807) is 31.7 Å². The Morgan fingerprint density at radius 2 is 1.70 bits per heavy atom. The van der Waals surface area contributed by atoms with Gasteiger partial charge in [0.25, 0.3) is 0 Å². The summed E-state index contributed by atoms with van der Waals surface area (Å²) in [4.78, 5) is 42.3. The van der Waals surface area contributed by atoms with E-state index >= 15 is 0 Å². The summed E-state index contributed by atoms with van der Waals surface area (Å²) in [5, 5.41) is 6.02. The Bertz CT molecular complexity index is 926. The minimum Gasteiger partial charge on any atom is -0.444 e. The van der Waals surface area contributed by atoms with Crippen molar-refractivity contribution in [1.82, 2.24) is 15.5 Å². The molecule has 3 atom stereocenters. The summed E-state index contributed by atoms with van der Waals surface area (Å²) >= 11 is 0. The van der Waals surface area contributed by atoms with E-state index in [9.17, 15) is 14.4 Å². The van der Waals surface area contributed by atoms with Crippen LogP contribution in [0, 0.1) is 19.8 Å². The van der Waals surface area contributed by atoms with Gasteiger partial charge in [0.1, 0.15) is 17.7 Å². The van der Waals surface area contributed by atoms with E-state index in [1.807, 2.05) is 45.9 Å². The lowest BCUT2D eigenvalue weighted by atomic mass is 9.93. The van der Waals surface area contributed by atoms with Crippen molar-refractivity contribution in [3.8, 4) is 0 Å². The van der Waals surface area contributed by atoms with Gasteiger partial charge in [0.15, 0.2) is 0 Å². The molecule has 1 aliphatic carbocycles. The first kappa shape index (κ1) is 30.4. The Balaban J connectivity index is 2.49. The molecule has 3 unspecified atom stereocenters. The second kappa shape index (κ2) is 13.6. The Morgan fingerprint density at radius 1 is 1.11 bits per heavy atom. The molecule has 0 radical (unpaired) electrons. The van der Waals surface area contributed by atoms with Crippen molar-refractivity contribution in [3.05, 3.63) is 47.5 Å². The lowest BCUT2D eigenvalue weighted by Gasteiger charge is -2.36. The smallest absolute Gasteiger partial charge is 0.408 e. The Hall–Kier alpha value is -2.83. The minimum absolute atomic E-state index is 0.0978. The molecule has 1 aromatic rings. The van der Waals surface area contributed by atoms with Gasteiger partial charge in [-0.05, 0) is 58.9 Å². The first-order chi connectivity index (χ1) is 17.4. The molecule has 0 spiro atoms. The van der Waals surface area contributed by atoms with Gasteiger partial charge >= 0.3 is 6.09 Å². The first-order valence-corrected chi connectivity index (χ1v) is 13.7. The Labute approximate surface area is 223 Å². The molecule has 37 heavy (non-hydrogen) atoms. The molecule has 1 aromatic carbocycles. The number of alkyl carbamates (subject to hydrolysis) is 1.